The monoisotopic (exact) mass is 353 g/mol. The first kappa shape index (κ1) is 15.2. The van der Waals surface area contributed by atoms with Crippen LogP contribution in [0.5, 0.6) is 0 Å². The first-order valence-electron chi connectivity index (χ1n) is 7.31. The molecule has 2 N–H and O–H groups in total. The van der Waals surface area contributed by atoms with Gasteiger partial charge in [0.05, 0.1) is 12.5 Å². The molecular weight excluding hydrogens is 342 g/mol. The van der Waals surface area contributed by atoms with Crippen LogP contribution >= 0.6 is 11.3 Å². The van der Waals surface area contributed by atoms with Crippen molar-refractivity contribution in [1.29, 1.82) is 0 Å². The number of carbonyl (C=O) groups is 2. The normalized spacial score (nSPS) is 10.9. The van der Waals surface area contributed by atoms with Crippen molar-refractivity contribution < 1.29 is 23.5 Å². The first-order valence-corrected chi connectivity index (χ1v) is 8.19. The van der Waals surface area contributed by atoms with Gasteiger partial charge in [0.15, 0.2) is 5.76 Å². The summed E-state index contributed by atoms with van der Waals surface area (Å²) in [5.74, 6) is -1.51. The lowest BCUT2D eigenvalue weighted by molar-refractivity contribution is 0.0699. The Hall–Kier alpha value is -3.32. The molecule has 0 bridgehead atoms. The van der Waals surface area contributed by atoms with Crippen LogP contribution in [-0.4, -0.2) is 17.0 Å². The maximum absolute atomic E-state index is 12.4. The molecule has 25 heavy (non-hydrogen) atoms. The number of amides is 1. The quantitative estimate of drug-likeness (QED) is 0.554. The molecule has 0 aliphatic heterocycles. The Morgan fingerprint density at radius 3 is 2.72 bits per heavy atom. The second-order valence-corrected chi connectivity index (χ2v) is 6.15. The minimum atomic E-state index is -1.13. The number of carbonyl (C=O) groups excluding carboxylic acids is 1. The van der Waals surface area contributed by atoms with Crippen molar-refractivity contribution in [3.05, 3.63) is 65.6 Å². The van der Waals surface area contributed by atoms with Crippen LogP contribution in [0.4, 0.5) is 5.00 Å². The highest BCUT2D eigenvalue weighted by Crippen LogP contribution is 2.36. The van der Waals surface area contributed by atoms with Crippen molar-refractivity contribution in [1.82, 2.24) is 0 Å². The van der Waals surface area contributed by atoms with E-state index < -0.39 is 11.9 Å². The molecule has 7 heteroatoms. The number of benzene rings is 1. The summed E-state index contributed by atoms with van der Waals surface area (Å²) in [7, 11) is 0. The zero-order valence-electron chi connectivity index (χ0n) is 12.7. The van der Waals surface area contributed by atoms with Crippen LogP contribution in [0.15, 0.2) is 63.1 Å². The predicted molar refractivity (Wildman–Crippen MR) is 93.1 cm³/mol. The summed E-state index contributed by atoms with van der Waals surface area (Å²) in [5, 5.41) is 14.9. The molecule has 0 radical (unpaired) electrons. The van der Waals surface area contributed by atoms with Gasteiger partial charge in [0.25, 0.3) is 5.91 Å². The summed E-state index contributed by atoms with van der Waals surface area (Å²) in [6, 6.07) is 10.5. The number of carboxylic acid groups (broad SMARTS) is 1. The van der Waals surface area contributed by atoms with E-state index in [4.69, 9.17) is 8.83 Å². The highest BCUT2D eigenvalue weighted by Gasteiger charge is 2.23. The van der Waals surface area contributed by atoms with E-state index in [2.05, 4.69) is 5.32 Å². The average Bonchev–Trinajstić information content (AvgIpc) is 3.32. The molecule has 0 spiro atoms. The van der Waals surface area contributed by atoms with Crippen molar-refractivity contribution in [2.24, 2.45) is 0 Å². The molecule has 6 nitrogen and oxygen atoms in total. The van der Waals surface area contributed by atoms with E-state index in [1.807, 2.05) is 18.2 Å². The fourth-order valence-corrected chi connectivity index (χ4v) is 3.51. The van der Waals surface area contributed by atoms with Gasteiger partial charge in [0.2, 0.25) is 0 Å². The number of anilines is 1. The summed E-state index contributed by atoms with van der Waals surface area (Å²) >= 11 is 1.14. The van der Waals surface area contributed by atoms with Gasteiger partial charge in [0.1, 0.15) is 16.1 Å². The van der Waals surface area contributed by atoms with Crippen LogP contribution in [0, 0.1) is 0 Å². The smallest absolute Gasteiger partial charge is 0.339 e. The van der Waals surface area contributed by atoms with Gasteiger partial charge in [-0.3, -0.25) is 4.79 Å². The fraction of sp³-hybridized carbons (Fsp3) is 0. The topological polar surface area (TPSA) is 92.7 Å². The lowest BCUT2D eigenvalue weighted by atomic mass is 10.1. The van der Waals surface area contributed by atoms with Gasteiger partial charge in [-0.15, -0.1) is 11.3 Å². The molecular formula is C18H11NO5S. The molecule has 0 fully saturated rings. The number of hydrogen-bond donors (Lipinski definition) is 2. The Kier molecular flexibility index (Phi) is 3.62. The van der Waals surface area contributed by atoms with Crippen LogP contribution in [0.2, 0.25) is 0 Å². The number of aromatic carboxylic acids is 1. The highest BCUT2D eigenvalue weighted by atomic mass is 32.1. The summed E-state index contributed by atoms with van der Waals surface area (Å²) < 4.78 is 10.5. The van der Waals surface area contributed by atoms with E-state index in [0.29, 0.717) is 16.7 Å². The SMILES string of the molecule is O=C(Nc1scc(-c2ccoc2)c1C(=O)O)c1cc2ccccc2o1. The third kappa shape index (κ3) is 2.70. The van der Waals surface area contributed by atoms with Gasteiger partial charge in [-0.2, -0.15) is 0 Å². The molecule has 0 unspecified atom stereocenters. The van der Waals surface area contributed by atoms with Crippen molar-refractivity contribution in [3.8, 4) is 11.1 Å². The van der Waals surface area contributed by atoms with Crippen molar-refractivity contribution in [2.45, 2.75) is 0 Å². The molecule has 0 saturated heterocycles. The second-order valence-electron chi connectivity index (χ2n) is 5.27. The largest absolute Gasteiger partial charge is 0.478 e. The van der Waals surface area contributed by atoms with E-state index in [-0.39, 0.29) is 16.3 Å². The van der Waals surface area contributed by atoms with Gasteiger partial charge < -0.3 is 19.3 Å². The molecule has 1 aromatic carbocycles. The van der Waals surface area contributed by atoms with Gasteiger partial charge in [-0.05, 0) is 18.2 Å². The molecule has 3 heterocycles. The van der Waals surface area contributed by atoms with Crippen molar-refractivity contribution in [2.75, 3.05) is 5.32 Å². The lowest BCUT2D eigenvalue weighted by Gasteiger charge is -2.03. The van der Waals surface area contributed by atoms with Gasteiger partial charge in [-0.25, -0.2) is 4.79 Å². The van der Waals surface area contributed by atoms with Crippen LogP contribution < -0.4 is 5.32 Å². The Morgan fingerprint density at radius 2 is 2.00 bits per heavy atom. The van der Waals surface area contributed by atoms with Crippen LogP contribution in [0.1, 0.15) is 20.9 Å². The zero-order valence-corrected chi connectivity index (χ0v) is 13.5. The second kappa shape index (κ2) is 5.95. The molecule has 0 saturated carbocycles. The highest BCUT2D eigenvalue weighted by molar-refractivity contribution is 7.15. The van der Waals surface area contributed by atoms with Crippen molar-refractivity contribution in [3.63, 3.8) is 0 Å². The van der Waals surface area contributed by atoms with E-state index in [1.165, 1.54) is 12.5 Å². The number of thiophene rings is 1. The number of fused-ring (bicyclic) bond motifs is 1. The van der Waals surface area contributed by atoms with E-state index >= 15 is 0 Å². The fourth-order valence-electron chi connectivity index (χ4n) is 2.55. The van der Waals surface area contributed by atoms with Gasteiger partial charge in [-0.1, -0.05) is 18.2 Å². The maximum atomic E-state index is 12.4. The van der Waals surface area contributed by atoms with Crippen LogP contribution in [0.25, 0.3) is 22.1 Å². The molecule has 0 atom stereocenters. The van der Waals surface area contributed by atoms with Crippen LogP contribution in [0.3, 0.4) is 0 Å². The zero-order chi connectivity index (χ0) is 17.4. The van der Waals surface area contributed by atoms with Gasteiger partial charge >= 0.3 is 5.97 Å². The third-order valence-electron chi connectivity index (χ3n) is 3.71. The van der Waals surface area contributed by atoms with E-state index in [1.54, 1.807) is 23.6 Å². The summed E-state index contributed by atoms with van der Waals surface area (Å²) in [5.41, 5.74) is 1.75. The number of carboxylic acids is 1. The number of nitrogens with one attached hydrogen (secondary N) is 1. The average molecular weight is 353 g/mol. The Bertz CT molecular complexity index is 1040. The summed E-state index contributed by atoms with van der Waals surface area (Å²) in [4.78, 5) is 24.1. The third-order valence-corrected chi connectivity index (χ3v) is 4.61. The van der Waals surface area contributed by atoms with Crippen molar-refractivity contribution >= 4 is 39.2 Å². The molecule has 4 aromatic rings. The minimum Gasteiger partial charge on any atom is -0.478 e. The minimum absolute atomic E-state index is 0.0239. The van der Waals surface area contributed by atoms with E-state index in [9.17, 15) is 14.7 Å². The lowest BCUT2D eigenvalue weighted by Crippen LogP contribution is -2.12. The first-order chi connectivity index (χ1) is 12.1. The predicted octanol–water partition coefficient (Wildman–Crippen LogP) is 4.70. The van der Waals surface area contributed by atoms with Crippen LogP contribution in [-0.2, 0) is 0 Å². The number of rotatable bonds is 4. The van der Waals surface area contributed by atoms with E-state index in [0.717, 1.165) is 16.7 Å². The molecule has 4 rings (SSSR count). The number of furan rings is 2. The molecule has 0 aliphatic carbocycles. The summed E-state index contributed by atoms with van der Waals surface area (Å²) in [6.45, 7) is 0. The standard InChI is InChI=1S/C18H11NO5S/c20-16(14-7-10-3-1-2-4-13(10)24-14)19-17-15(18(21)22)12(9-25-17)11-5-6-23-8-11/h1-9H,(H,19,20)(H,21,22). The van der Waals surface area contributed by atoms with Gasteiger partial charge in [0, 0.05) is 21.9 Å². The Morgan fingerprint density at radius 1 is 1.16 bits per heavy atom. The molecule has 0 aliphatic rings. The summed E-state index contributed by atoms with van der Waals surface area (Å²) in [6.07, 6.45) is 2.92. The Balaban J connectivity index is 1.68. The molecule has 124 valence electrons. The maximum Gasteiger partial charge on any atom is 0.339 e. The molecule has 1 amide bonds. The number of hydrogen-bond acceptors (Lipinski definition) is 5. The molecule has 3 aromatic heterocycles. The number of para-hydroxylation sites is 1. The Labute approximate surface area is 145 Å².